The van der Waals surface area contributed by atoms with E-state index in [0.717, 1.165) is 27.3 Å². The number of benzene rings is 1. The summed E-state index contributed by atoms with van der Waals surface area (Å²) in [5.74, 6) is 2.13. The van der Waals surface area contributed by atoms with E-state index in [9.17, 15) is 0 Å². The molecule has 1 saturated carbocycles. The van der Waals surface area contributed by atoms with Crippen molar-refractivity contribution in [2.45, 2.75) is 25.2 Å². The van der Waals surface area contributed by atoms with Crippen molar-refractivity contribution in [2.75, 3.05) is 7.11 Å². The summed E-state index contributed by atoms with van der Waals surface area (Å²) in [5, 5.41) is 0.500. The van der Waals surface area contributed by atoms with Gasteiger partial charge in [0, 0.05) is 12.3 Å². The Morgan fingerprint density at radius 2 is 2.15 bits per heavy atom. The number of nitrogens with zero attached hydrogens (tertiary/aromatic N) is 2. The molecule has 104 valence electrons. The van der Waals surface area contributed by atoms with Crippen LogP contribution in [0.25, 0.3) is 0 Å². The number of hydrogen-bond donors (Lipinski definition) is 0. The zero-order valence-electron chi connectivity index (χ0n) is 11.1. The van der Waals surface area contributed by atoms with E-state index in [2.05, 4.69) is 25.9 Å². The van der Waals surface area contributed by atoms with Crippen LogP contribution in [0.2, 0.25) is 5.15 Å². The van der Waals surface area contributed by atoms with Crippen LogP contribution < -0.4 is 4.74 Å². The maximum Gasteiger partial charge on any atom is 0.147 e. The van der Waals surface area contributed by atoms with Gasteiger partial charge in [-0.2, -0.15) is 0 Å². The molecule has 1 heterocycles. The molecule has 0 N–H and O–H groups in total. The van der Waals surface area contributed by atoms with Gasteiger partial charge in [-0.05, 0) is 46.5 Å². The molecule has 0 radical (unpaired) electrons. The van der Waals surface area contributed by atoms with Gasteiger partial charge in [-0.25, -0.2) is 9.97 Å². The second-order valence-corrected chi connectivity index (χ2v) is 6.08. The summed E-state index contributed by atoms with van der Waals surface area (Å²) < 4.78 is 6.08. The molecule has 0 saturated heterocycles. The minimum Gasteiger partial charge on any atom is -0.497 e. The molecule has 5 heteroatoms. The number of aromatic nitrogens is 2. The van der Waals surface area contributed by atoms with Crippen LogP contribution in [-0.4, -0.2) is 17.1 Å². The Morgan fingerprint density at radius 1 is 1.35 bits per heavy atom. The Morgan fingerprint density at radius 3 is 2.85 bits per heavy atom. The average Bonchev–Trinajstić information content (AvgIpc) is 3.27. The second-order valence-electron chi connectivity index (χ2n) is 4.93. The van der Waals surface area contributed by atoms with Gasteiger partial charge >= 0.3 is 0 Å². The molecule has 1 aromatic heterocycles. The van der Waals surface area contributed by atoms with Crippen molar-refractivity contribution < 1.29 is 4.74 Å². The second kappa shape index (κ2) is 5.70. The zero-order chi connectivity index (χ0) is 14.1. The Labute approximate surface area is 131 Å². The first-order valence-corrected chi connectivity index (χ1v) is 7.69. The van der Waals surface area contributed by atoms with Crippen LogP contribution in [0.1, 0.15) is 35.8 Å². The third kappa shape index (κ3) is 2.96. The Bertz CT molecular complexity index is 644. The number of halogens is 2. The van der Waals surface area contributed by atoms with Crippen LogP contribution in [0.5, 0.6) is 5.75 Å². The predicted octanol–water partition coefficient (Wildman–Crippen LogP) is 4.37. The number of rotatable bonds is 4. The molecular weight excluding hydrogens is 340 g/mol. The average molecular weight is 354 g/mol. The molecule has 3 rings (SSSR count). The van der Waals surface area contributed by atoms with Crippen molar-refractivity contribution >= 4 is 27.5 Å². The van der Waals surface area contributed by atoms with Crippen LogP contribution in [0.15, 0.2) is 28.7 Å². The lowest BCUT2D eigenvalue weighted by Gasteiger charge is -2.08. The van der Waals surface area contributed by atoms with Gasteiger partial charge in [0.15, 0.2) is 0 Å². The number of methoxy groups -OCH3 is 1. The first kappa shape index (κ1) is 13.8. The minimum absolute atomic E-state index is 0.500. The topological polar surface area (TPSA) is 35.0 Å². The maximum atomic E-state index is 6.19. The first-order valence-electron chi connectivity index (χ1n) is 6.52. The van der Waals surface area contributed by atoms with Crippen LogP contribution in [0, 0.1) is 0 Å². The number of hydrogen-bond acceptors (Lipinski definition) is 3. The third-order valence-electron chi connectivity index (χ3n) is 3.34. The molecule has 0 atom stereocenters. The molecular formula is C15H14BrClN2O. The van der Waals surface area contributed by atoms with Crippen molar-refractivity contribution in [2.24, 2.45) is 0 Å². The summed E-state index contributed by atoms with van der Waals surface area (Å²) in [5.41, 5.74) is 2.16. The summed E-state index contributed by atoms with van der Waals surface area (Å²) in [6.07, 6.45) is 3.03. The highest BCUT2D eigenvalue weighted by Crippen LogP contribution is 2.43. The molecule has 0 spiro atoms. The summed E-state index contributed by atoms with van der Waals surface area (Å²) in [4.78, 5) is 9.02. The van der Waals surface area contributed by atoms with Crippen molar-refractivity contribution in [3.63, 3.8) is 0 Å². The predicted molar refractivity (Wildman–Crippen MR) is 82.5 cm³/mol. The summed E-state index contributed by atoms with van der Waals surface area (Å²) in [6, 6.07) is 7.93. The smallest absolute Gasteiger partial charge is 0.147 e. The van der Waals surface area contributed by atoms with Gasteiger partial charge in [0.1, 0.15) is 16.7 Å². The third-order valence-corrected chi connectivity index (χ3v) is 4.63. The van der Waals surface area contributed by atoms with Crippen LogP contribution >= 0.6 is 27.5 Å². The summed E-state index contributed by atoms with van der Waals surface area (Å²) >= 11 is 9.68. The van der Waals surface area contributed by atoms with E-state index in [-0.39, 0.29) is 0 Å². The molecule has 0 aliphatic heterocycles. The molecule has 2 aromatic rings. The van der Waals surface area contributed by atoms with Gasteiger partial charge < -0.3 is 4.74 Å². The molecule has 20 heavy (non-hydrogen) atoms. The summed E-state index contributed by atoms with van der Waals surface area (Å²) in [6.45, 7) is 0. The van der Waals surface area contributed by atoms with Gasteiger partial charge in [0.2, 0.25) is 0 Å². The van der Waals surface area contributed by atoms with Gasteiger partial charge in [0.05, 0.1) is 17.3 Å². The lowest BCUT2D eigenvalue weighted by atomic mass is 10.1. The van der Waals surface area contributed by atoms with Crippen LogP contribution in [0.3, 0.4) is 0 Å². The molecule has 1 fully saturated rings. The normalized spacial score (nSPS) is 14.3. The quantitative estimate of drug-likeness (QED) is 0.766. The molecule has 1 aromatic carbocycles. The summed E-state index contributed by atoms with van der Waals surface area (Å²) in [7, 11) is 1.66. The zero-order valence-corrected chi connectivity index (χ0v) is 13.4. The van der Waals surface area contributed by atoms with E-state index in [1.807, 2.05) is 24.3 Å². The molecule has 0 amide bonds. The molecule has 3 nitrogen and oxygen atoms in total. The maximum absolute atomic E-state index is 6.19. The van der Waals surface area contributed by atoms with E-state index in [4.69, 9.17) is 16.3 Å². The molecule has 0 bridgehead atoms. The van der Waals surface area contributed by atoms with Gasteiger partial charge in [-0.15, -0.1) is 0 Å². The fraction of sp³-hybridized carbons (Fsp3) is 0.333. The van der Waals surface area contributed by atoms with Crippen molar-refractivity contribution in [3.05, 3.63) is 51.0 Å². The fourth-order valence-electron chi connectivity index (χ4n) is 2.15. The highest BCUT2D eigenvalue weighted by atomic mass is 79.9. The van der Waals surface area contributed by atoms with E-state index in [1.54, 1.807) is 7.11 Å². The van der Waals surface area contributed by atoms with Gasteiger partial charge in [-0.1, -0.05) is 23.7 Å². The van der Waals surface area contributed by atoms with E-state index < -0.39 is 0 Å². The van der Waals surface area contributed by atoms with Gasteiger partial charge in [-0.3, -0.25) is 0 Å². The first-order chi connectivity index (χ1) is 9.67. The van der Waals surface area contributed by atoms with Crippen molar-refractivity contribution in [1.29, 1.82) is 0 Å². The largest absolute Gasteiger partial charge is 0.497 e. The Kier molecular flexibility index (Phi) is 3.94. The lowest BCUT2D eigenvalue weighted by molar-refractivity contribution is 0.414. The lowest BCUT2D eigenvalue weighted by Crippen LogP contribution is -2.02. The fourth-order valence-corrected chi connectivity index (χ4v) is 2.85. The van der Waals surface area contributed by atoms with E-state index >= 15 is 0 Å². The van der Waals surface area contributed by atoms with E-state index in [1.165, 1.54) is 12.8 Å². The standard InChI is InChI=1S/C15H14BrClN2O/c1-20-11-4-2-3-9(7-11)8-12-18-14(10-5-6-10)13(16)15(17)19-12/h2-4,7,10H,5-6,8H2,1H3. The molecule has 0 unspecified atom stereocenters. The monoisotopic (exact) mass is 352 g/mol. The Balaban J connectivity index is 1.90. The number of ether oxygens (including phenoxy) is 1. The van der Waals surface area contributed by atoms with E-state index in [0.29, 0.717) is 17.5 Å². The van der Waals surface area contributed by atoms with Gasteiger partial charge in [0.25, 0.3) is 0 Å². The highest BCUT2D eigenvalue weighted by molar-refractivity contribution is 9.10. The SMILES string of the molecule is COc1cccc(Cc2nc(Cl)c(Br)c(C3CC3)n2)c1. The van der Waals surface area contributed by atoms with Crippen molar-refractivity contribution in [3.8, 4) is 5.75 Å². The van der Waals surface area contributed by atoms with Crippen LogP contribution in [0.4, 0.5) is 0 Å². The highest BCUT2D eigenvalue weighted by Gasteiger charge is 2.29. The van der Waals surface area contributed by atoms with Crippen molar-refractivity contribution in [1.82, 2.24) is 9.97 Å². The minimum atomic E-state index is 0.500. The van der Waals surface area contributed by atoms with Crippen LogP contribution in [-0.2, 0) is 6.42 Å². The molecule has 1 aliphatic rings. The molecule has 1 aliphatic carbocycles. The Hall–Kier alpha value is -1.13.